The second-order valence-electron chi connectivity index (χ2n) is 6.56. The standard InChI is InChI=1S/C15H26N4O2S/c1-10-8-19(7-6-16-10)13(20)5-3-2-4-12-14-11(9-22-12)17-15(21)18-14/h10-12,14,16H,2-9H2,1H3,(H2,17,18,21)/t10-,11-,12-,14-/m0/s1. The molecule has 22 heavy (non-hydrogen) atoms. The van der Waals surface area contributed by atoms with Crippen molar-refractivity contribution in [2.75, 3.05) is 25.4 Å². The summed E-state index contributed by atoms with van der Waals surface area (Å²) in [5.41, 5.74) is 0. The molecule has 7 heteroatoms. The summed E-state index contributed by atoms with van der Waals surface area (Å²) in [6, 6.07) is 0.958. The molecule has 3 heterocycles. The van der Waals surface area contributed by atoms with Gasteiger partial charge in [-0.05, 0) is 19.8 Å². The Morgan fingerprint density at radius 3 is 3.05 bits per heavy atom. The number of unbranched alkanes of at least 4 members (excludes halogenated alkanes) is 1. The first-order chi connectivity index (χ1) is 10.6. The highest BCUT2D eigenvalue weighted by molar-refractivity contribution is 8.00. The fraction of sp³-hybridized carbons (Fsp3) is 0.867. The van der Waals surface area contributed by atoms with Gasteiger partial charge in [0.25, 0.3) is 0 Å². The maximum atomic E-state index is 12.2. The van der Waals surface area contributed by atoms with E-state index in [0.717, 1.165) is 44.6 Å². The third-order valence-corrected chi connectivity index (χ3v) is 6.30. The van der Waals surface area contributed by atoms with Gasteiger partial charge in [-0.25, -0.2) is 4.79 Å². The Labute approximate surface area is 136 Å². The summed E-state index contributed by atoms with van der Waals surface area (Å²) in [5.74, 6) is 1.30. The number of hydrogen-bond donors (Lipinski definition) is 3. The fourth-order valence-corrected chi connectivity index (χ4v) is 5.13. The zero-order valence-corrected chi connectivity index (χ0v) is 14.0. The van der Waals surface area contributed by atoms with Crippen molar-refractivity contribution in [2.45, 2.75) is 56.0 Å². The summed E-state index contributed by atoms with van der Waals surface area (Å²) in [6.07, 6.45) is 3.75. The SMILES string of the molecule is C[C@H]1CN(C(=O)CCCC[C@@H]2SC[C@@H]3NC(=O)N[C@@H]32)CCN1. The highest BCUT2D eigenvalue weighted by atomic mass is 32.2. The van der Waals surface area contributed by atoms with Crippen LogP contribution in [0.15, 0.2) is 0 Å². The monoisotopic (exact) mass is 326 g/mol. The van der Waals surface area contributed by atoms with Gasteiger partial charge in [-0.15, -0.1) is 0 Å². The molecular formula is C15H26N4O2S. The largest absolute Gasteiger partial charge is 0.340 e. The van der Waals surface area contributed by atoms with Gasteiger partial charge in [0.15, 0.2) is 0 Å². The van der Waals surface area contributed by atoms with Gasteiger partial charge in [0.1, 0.15) is 0 Å². The Bertz CT molecular complexity index is 434. The van der Waals surface area contributed by atoms with Crippen molar-refractivity contribution < 1.29 is 9.59 Å². The second-order valence-corrected chi connectivity index (χ2v) is 7.83. The number of amides is 3. The van der Waals surface area contributed by atoms with Crippen LogP contribution in [0.1, 0.15) is 32.6 Å². The summed E-state index contributed by atoms with van der Waals surface area (Å²) in [6.45, 7) is 4.69. The number of thioether (sulfide) groups is 1. The molecule has 3 rings (SSSR count). The van der Waals surface area contributed by atoms with E-state index in [4.69, 9.17) is 0 Å². The van der Waals surface area contributed by atoms with E-state index in [2.05, 4.69) is 22.9 Å². The van der Waals surface area contributed by atoms with Crippen LogP contribution in [-0.2, 0) is 4.79 Å². The van der Waals surface area contributed by atoms with Crippen molar-refractivity contribution >= 4 is 23.7 Å². The van der Waals surface area contributed by atoms with Crippen molar-refractivity contribution in [1.82, 2.24) is 20.9 Å². The van der Waals surface area contributed by atoms with Gasteiger partial charge in [0.05, 0.1) is 12.1 Å². The molecule has 0 saturated carbocycles. The van der Waals surface area contributed by atoms with Gasteiger partial charge in [-0.1, -0.05) is 6.42 Å². The predicted molar refractivity (Wildman–Crippen MR) is 88.0 cm³/mol. The molecule has 3 saturated heterocycles. The van der Waals surface area contributed by atoms with Gasteiger partial charge in [0.2, 0.25) is 5.91 Å². The molecule has 0 radical (unpaired) electrons. The van der Waals surface area contributed by atoms with Gasteiger partial charge in [0, 0.05) is 43.1 Å². The first-order valence-corrected chi connectivity index (χ1v) is 9.38. The first kappa shape index (κ1) is 15.9. The molecule has 3 fully saturated rings. The van der Waals surface area contributed by atoms with Crippen LogP contribution in [0.2, 0.25) is 0 Å². The Balaban J connectivity index is 1.34. The molecule has 0 bridgehead atoms. The van der Waals surface area contributed by atoms with Crippen LogP contribution < -0.4 is 16.0 Å². The summed E-state index contributed by atoms with van der Waals surface area (Å²) in [7, 11) is 0. The summed E-state index contributed by atoms with van der Waals surface area (Å²) in [4.78, 5) is 25.5. The minimum Gasteiger partial charge on any atom is -0.340 e. The Morgan fingerprint density at radius 2 is 2.23 bits per heavy atom. The maximum Gasteiger partial charge on any atom is 0.315 e. The van der Waals surface area contributed by atoms with Crippen molar-refractivity contribution in [3.05, 3.63) is 0 Å². The fourth-order valence-electron chi connectivity index (χ4n) is 3.58. The van der Waals surface area contributed by atoms with Crippen molar-refractivity contribution in [3.63, 3.8) is 0 Å². The molecule has 3 amide bonds. The van der Waals surface area contributed by atoms with Crippen LogP contribution in [0.3, 0.4) is 0 Å². The summed E-state index contributed by atoms with van der Waals surface area (Å²) < 4.78 is 0. The number of nitrogens with zero attached hydrogens (tertiary/aromatic N) is 1. The number of hydrogen-bond acceptors (Lipinski definition) is 4. The lowest BCUT2D eigenvalue weighted by molar-refractivity contribution is -0.132. The quantitative estimate of drug-likeness (QED) is 0.509. The number of fused-ring (bicyclic) bond motifs is 1. The summed E-state index contributed by atoms with van der Waals surface area (Å²) >= 11 is 1.94. The Morgan fingerprint density at radius 1 is 1.36 bits per heavy atom. The molecule has 3 N–H and O–H groups in total. The molecule has 0 aromatic heterocycles. The molecule has 0 aromatic carbocycles. The minimum atomic E-state index is -0.0247. The molecular weight excluding hydrogens is 300 g/mol. The topological polar surface area (TPSA) is 73.5 Å². The van der Waals surface area contributed by atoms with E-state index in [9.17, 15) is 9.59 Å². The average molecular weight is 326 g/mol. The summed E-state index contributed by atoms with van der Waals surface area (Å²) in [5, 5.41) is 9.84. The second kappa shape index (κ2) is 7.08. The maximum absolute atomic E-state index is 12.2. The van der Waals surface area contributed by atoms with Crippen LogP contribution in [0.25, 0.3) is 0 Å². The van der Waals surface area contributed by atoms with Crippen molar-refractivity contribution in [3.8, 4) is 0 Å². The average Bonchev–Trinajstić information content (AvgIpc) is 3.03. The van der Waals surface area contributed by atoms with Crippen molar-refractivity contribution in [1.29, 1.82) is 0 Å². The molecule has 0 spiro atoms. The lowest BCUT2D eigenvalue weighted by Gasteiger charge is -2.32. The third-order valence-electron chi connectivity index (χ3n) is 4.79. The van der Waals surface area contributed by atoms with E-state index in [0.29, 0.717) is 29.7 Å². The van der Waals surface area contributed by atoms with E-state index in [1.54, 1.807) is 0 Å². The zero-order valence-electron chi connectivity index (χ0n) is 13.1. The predicted octanol–water partition coefficient (Wildman–Crippen LogP) is 0.533. The molecule has 3 aliphatic rings. The smallest absolute Gasteiger partial charge is 0.315 e. The molecule has 4 atom stereocenters. The highest BCUT2D eigenvalue weighted by Crippen LogP contribution is 2.33. The normalized spacial score (nSPS) is 34.2. The number of piperazine rings is 1. The van der Waals surface area contributed by atoms with E-state index < -0.39 is 0 Å². The Hall–Kier alpha value is -0.950. The van der Waals surface area contributed by atoms with Crippen LogP contribution in [-0.4, -0.2) is 65.6 Å². The van der Waals surface area contributed by atoms with E-state index in [1.165, 1.54) is 0 Å². The van der Waals surface area contributed by atoms with Crippen LogP contribution in [0.5, 0.6) is 0 Å². The third kappa shape index (κ3) is 3.68. The van der Waals surface area contributed by atoms with E-state index in [1.807, 2.05) is 16.7 Å². The number of carbonyl (C=O) groups excluding carboxylic acids is 2. The van der Waals surface area contributed by atoms with Gasteiger partial charge >= 0.3 is 6.03 Å². The molecule has 0 aliphatic carbocycles. The molecule has 124 valence electrons. The number of rotatable bonds is 5. The van der Waals surface area contributed by atoms with Crippen LogP contribution in [0, 0.1) is 0 Å². The van der Waals surface area contributed by atoms with Gasteiger partial charge < -0.3 is 20.9 Å². The number of carbonyl (C=O) groups is 2. The van der Waals surface area contributed by atoms with Crippen molar-refractivity contribution in [2.24, 2.45) is 0 Å². The zero-order chi connectivity index (χ0) is 15.5. The van der Waals surface area contributed by atoms with Gasteiger partial charge in [-0.2, -0.15) is 11.8 Å². The molecule has 0 unspecified atom stereocenters. The van der Waals surface area contributed by atoms with Crippen LogP contribution in [0.4, 0.5) is 4.79 Å². The Kier molecular flexibility index (Phi) is 5.13. The lowest BCUT2D eigenvalue weighted by atomic mass is 10.0. The van der Waals surface area contributed by atoms with Crippen LogP contribution >= 0.6 is 11.8 Å². The molecule has 0 aromatic rings. The lowest BCUT2D eigenvalue weighted by Crippen LogP contribution is -2.51. The van der Waals surface area contributed by atoms with E-state index >= 15 is 0 Å². The molecule has 6 nitrogen and oxygen atoms in total. The highest BCUT2D eigenvalue weighted by Gasteiger charge is 2.42. The minimum absolute atomic E-state index is 0.0247. The van der Waals surface area contributed by atoms with Gasteiger partial charge in [-0.3, -0.25) is 4.79 Å². The number of nitrogens with one attached hydrogen (secondary N) is 3. The first-order valence-electron chi connectivity index (χ1n) is 8.33. The molecule has 3 aliphatic heterocycles. The number of urea groups is 1. The van der Waals surface area contributed by atoms with E-state index in [-0.39, 0.29) is 12.1 Å².